The zero-order valence-electron chi connectivity index (χ0n) is 7.37. The van der Waals surface area contributed by atoms with Gasteiger partial charge in [0, 0.05) is 12.8 Å². The molecular weight excluding hydrogens is 152 g/mol. The van der Waals surface area contributed by atoms with E-state index in [2.05, 4.69) is 0 Å². The number of carbonyl (C=O) groups is 2. The first-order chi connectivity index (χ1) is 5.86. The molecule has 0 aliphatic heterocycles. The average molecular weight is 168 g/mol. The Morgan fingerprint density at radius 3 is 1.42 bits per heavy atom. The maximum absolute atomic E-state index is 10.2. The van der Waals surface area contributed by atoms with Gasteiger partial charge in [0.2, 0.25) is 0 Å². The van der Waals surface area contributed by atoms with Crippen LogP contribution in [-0.4, -0.2) is 12.6 Å². The monoisotopic (exact) mass is 168 g/mol. The molecule has 1 aliphatic carbocycles. The number of rotatable bonds is 4. The molecule has 1 aliphatic rings. The van der Waals surface area contributed by atoms with Gasteiger partial charge in [-0.1, -0.05) is 0 Å². The summed E-state index contributed by atoms with van der Waals surface area (Å²) in [7, 11) is 0. The predicted octanol–water partition coefficient (Wildman–Crippen LogP) is 1.97. The average Bonchev–Trinajstić information content (AvgIpc) is 2.09. The molecule has 12 heavy (non-hydrogen) atoms. The van der Waals surface area contributed by atoms with Crippen molar-refractivity contribution in [3.05, 3.63) is 0 Å². The van der Waals surface area contributed by atoms with Gasteiger partial charge in [-0.15, -0.1) is 0 Å². The normalized spacial score (nSPS) is 29.7. The highest BCUT2D eigenvalue weighted by Crippen LogP contribution is 2.31. The minimum Gasteiger partial charge on any atom is -0.303 e. The fraction of sp³-hybridized carbons (Fsp3) is 0.800. The Bertz CT molecular complexity index is 128. The molecule has 1 saturated carbocycles. The van der Waals surface area contributed by atoms with Gasteiger partial charge in [-0.2, -0.15) is 0 Å². The van der Waals surface area contributed by atoms with Gasteiger partial charge < -0.3 is 9.59 Å². The second-order valence-corrected chi connectivity index (χ2v) is 3.69. The van der Waals surface area contributed by atoms with E-state index in [1.807, 2.05) is 0 Å². The van der Waals surface area contributed by atoms with Crippen molar-refractivity contribution in [2.45, 2.75) is 38.5 Å². The van der Waals surface area contributed by atoms with Crippen LogP contribution in [0.4, 0.5) is 0 Å². The van der Waals surface area contributed by atoms with Gasteiger partial charge in [-0.3, -0.25) is 0 Å². The number of aldehydes is 2. The molecular formula is C10H16O2. The van der Waals surface area contributed by atoms with E-state index in [9.17, 15) is 9.59 Å². The highest BCUT2D eigenvalue weighted by Gasteiger charge is 2.19. The van der Waals surface area contributed by atoms with Crippen LogP contribution in [0.25, 0.3) is 0 Å². The summed E-state index contributed by atoms with van der Waals surface area (Å²) < 4.78 is 0. The first kappa shape index (κ1) is 9.43. The highest BCUT2D eigenvalue weighted by molar-refractivity contribution is 5.50. The molecule has 0 amide bonds. The summed E-state index contributed by atoms with van der Waals surface area (Å²) in [6, 6.07) is 0. The summed E-state index contributed by atoms with van der Waals surface area (Å²) in [5.74, 6) is 1.20. The zero-order valence-corrected chi connectivity index (χ0v) is 7.37. The molecule has 0 aromatic carbocycles. The molecule has 0 bridgehead atoms. The van der Waals surface area contributed by atoms with Gasteiger partial charge in [0.1, 0.15) is 12.6 Å². The Balaban J connectivity index is 2.19. The van der Waals surface area contributed by atoms with Crippen molar-refractivity contribution >= 4 is 12.6 Å². The van der Waals surface area contributed by atoms with Crippen LogP contribution in [0.5, 0.6) is 0 Å². The zero-order chi connectivity index (χ0) is 8.81. The summed E-state index contributed by atoms with van der Waals surface area (Å²) >= 11 is 0. The lowest BCUT2D eigenvalue weighted by Gasteiger charge is -2.25. The molecule has 0 heterocycles. The van der Waals surface area contributed by atoms with Crippen LogP contribution in [0.2, 0.25) is 0 Å². The fourth-order valence-corrected chi connectivity index (χ4v) is 1.98. The van der Waals surface area contributed by atoms with Crippen LogP contribution >= 0.6 is 0 Å². The van der Waals surface area contributed by atoms with Crippen LogP contribution in [0, 0.1) is 11.8 Å². The second kappa shape index (κ2) is 5.07. The standard InChI is InChI=1S/C10H16O2/c11-7-5-9-1-2-10(4-3-9)6-8-12/h7-10H,1-6H2. The minimum absolute atomic E-state index is 0.602. The van der Waals surface area contributed by atoms with Crippen LogP contribution in [-0.2, 0) is 9.59 Å². The van der Waals surface area contributed by atoms with Gasteiger partial charge >= 0.3 is 0 Å². The summed E-state index contributed by atoms with van der Waals surface area (Å²) in [5.41, 5.74) is 0. The first-order valence-electron chi connectivity index (χ1n) is 4.74. The molecule has 2 nitrogen and oxygen atoms in total. The molecule has 0 aromatic heterocycles. The van der Waals surface area contributed by atoms with Crippen LogP contribution in [0.15, 0.2) is 0 Å². The lowest BCUT2D eigenvalue weighted by molar-refractivity contribution is -0.110. The van der Waals surface area contributed by atoms with E-state index < -0.39 is 0 Å². The van der Waals surface area contributed by atoms with Crippen molar-refractivity contribution in [3.63, 3.8) is 0 Å². The summed E-state index contributed by atoms with van der Waals surface area (Å²) in [4.78, 5) is 20.4. The Morgan fingerprint density at radius 1 is 0.833 bits per heavy atom. The van der Waals surface area contributed by atoms with Crippen LogP contribution in [0.3, 0.4) is 0 Å². The predicted molar refractivity (Wildman–Crippen MR) is 46.8 cm³/mol. The Morgan fingerprint density at radius 2 is 1.17 bits per heavy atom. The largest absolute Gasteiger partial charge is 0.303 e. The maximum atomic E-state index is 10.2. The lowest BCUT2D eigenvalue weighted by Crippen LogP contribution is -2.15. The van der Waals surface area contributed by atoms with Crippen molar-refractivity contribution in [3.8, 4) is 0 Å². The van der Waals surface area contributed by atoms with E-state index in [-0.39, 0.29) is 0 Å². The van der Waals surface area contributed by atoms with E-state index in [1.165, 1.54) is 0 Å². The minimum atomic E-state index is 0.602. The number of hydrogen-bond donors (Lipinski definition) is 0. The molecule has 1 rings (SSSR count). The van der Waals surface area contributed by atoms with E-state index in [1.54, 1.807) is 0 Å². The summed E-state index contributed by atoms with van der Waals surface area (Å²) in [6.07, 6.45) is 8.01. The molecule has 0 atom stereocenters. The van der Waals surface area contributed by atoms with Gasteiger partial charge in [0.15, 0.2) is 0 Å². The summed E-state index contributed by atoms with van der Waals surface area (Å²) in [6.45, 7) is 0. The lowest BCUT2D eigenvalue weighted by atomic mass is 9.80. The van der Waals surface area contributed by atoms with Gasteiger partial charge in [-0.25, -0.2) is 0 Å². The van der Waals surface area contributed by atoms with E-state index in [0.29, 0.717) is 24.7 Å². The first-order valence-corrected chi connectivity index (χ1v) is 4.74. The third-order valence-corrected chi connectivity index (χ3v) is 2.83. The number of hydrogen-bond acceptors (Lipinski definition) is 2. The highest BCUT2D eigenvalue weighted by atomic mass is 16.1. The molecule has 0 saturated heterocycles. The van der Waals surface area contributed by atoms with Crippen molar-refractivity contribution < 1.29 is 9.59 Å². The van der Waals surface area contributed by atoms with Gasteiger partial charge in [0.05, 0.1) is 0 Å². The Labute approximate surface area is 73.3 Å². The Hall–Kier alpha value is -0.660. The van der Waals surface area contributed by atoms with Gasteiger partial charge in [-0.05, 0) is 37.5 Å². The molecule has 0 N–H and O–H groups in total. The molecule has 0 aromatic rings. The topological polar surface area (TPSA) is 34.1 Å². The maximum Gasteiger partial charge on any atom is 0.120 e. The molecule has 2 heteroatoms. The second-order valence-electron chi connectivity index (χ2n) is 3.69. The fourth-order valence-electron chi connectivity index (χ4n) is 1.98. The van der Waals surface area contributed by atoms with Crippen LogP contribution in [0.1, 0.15) is 38.5 Å². The molecule has 0 spiro atoms. The van der Waals surface area contributed by atoms with Gasteiger partial charge in [0.25, 0.3) is 0 Å². The van der Waals surface area contributed by atoms with Crippen LogP contribution < -0.4 is 0 Å². The van der Waals surface area contributed by atoms with E-state index >= 15 is 0 Å². The molecule has 0 radical (unpaired) electrons. The third kappa shape index (κ3) is 2.76. The van der Waals surface area contributed by atoms with E-state index in [0.717, 1.165) is 38.3 Å². The number of carbonyl (C=O) groups excluding carboxylic acids is 2. The SMILES string of the molecule is O=CCC1CCC(CC=O)CC1. The molecule has 0 unspecified atom stereocenters. The van der Waals surface area contributed by atoms with Crippen molar-refractivity contribution in [2.75, 3.05) is 0 Å². The van der Waals surface area contributed by atoms with E-state index in [4.69, 9.17) is 0 Å². The van der Waals surface area contributed by atoms with Crippen molar-refractivity contribution in [2.24, 2.45) is 11.8 Å². The van der Waals surface area contributed by atoms with Crippen molar-refractivity contribution in [1.29, 1.82) is 0 Å². The molecule has 1 fully saturated rings. The third-order valence-electron chi connectivity index (χ3n) is 2.83. The van der Waals surface area contributed by atoms with Crippen molar-refractivity contribution in [1.82, 2.24) is 0 Å². The smallest absolute Gasteiger partial charge is 0.120 e. The Kier molecular flexibility index (Phi) is 3.98. The molecule has 68 valence electrons. The quantitative estimate of drug-likeness (QED) is 0.601. The summed E-state index contributed by atoms with van der Waals surface area (Å²) in [5, 5.41) is 0.